The van der Waals surface area contributed by atoms with Crippen LogP contribution in [0.5, 0.6) is 0 Å². The Morgan fingerprint density at radius 1 is 1.35 bits per heavy atom. The van der Waals surface area contributed by atoms with Crippen molar-refractivity contribution in [3.8, 4) is 0 Å². The first-order valence-corrected chi connectivity index (χ1v) is 12.0. The Balaban J connectivity index is 0.00000274. The van der Waals surface area contributed by atoms with E-state index in [1.165, 1.54) is 7.11 Å². The first-order valence-electron chi connectivity index (χ1n) is 12.0. The zero-order valence-corrected chi connectivity index (χ0v) is 23.8. The normalized spacial score (nSPS) is 48.2. The zero-order chi connectivity index (χ0) is 24.0. The van der Waals surface area contributed by atoms with E-state index in [4.69, 9.17) is 9.47 Å². The van der Waals surface area contributed by atoms with E-state index in [-0.39, 0.29) is 88.0 Å². The number of esters is 1. The van der Waals surface area contributed by atoms with Gasteiger partial charge >= 0.3 is 57.4 Å². The van der Waals surface area contributed by atoms with E-state index < -0.39 is 39.3 Å². The zero-order valence-electron chi connectivity index (χ0n) is 20.6. The number of carbonyl (C=O) groups excluding carboxylic acids is 3. The molecule has 5 rings (SSSR count). The van der Waals surface area contributed by atoms with Gasteiger partial charge < -0.3 is 24.5 Å². The summed E-state index contributed by atoms with van der Waals surface area (Å²) in [6.45, 7) is 8.40. The van der Waals surface area contributed by atoms with Crippen LogP contribution in [0, 0.1) is 28.1 Å². The molecule has 1 aliphatic heterocycles. The van der Waals surface area contributed by atoms with E-state index in [9.17, 15) is 24.6 Å². The maximum Gasteiger partial charge on any atom is 1.00 e. The van der Waals surface area contributed by atoms with Crippen molar-refractivity contribution in [1.29, 1.82) is 0 Å². The molecule has 0 aromatic rings. The quantitative estimate of drug-likeness (QED) is 0.222. The summed E-state index contributed by atoms with van der Waals surface area (Å²) in [7, 11) is 1.37. The van der Waals surface area contributed by atoms with Gasteiger partial charge in [0.05, 0.1) is 24.7 Å². The topological polar surface area (TPSA) is 116 Å². The number of carbonyl (C=O) groups is 3. The van der Waals surface area contributed by atoms with Gasteiger partial charge in [0.25, 0.3) is 0 Å². The van der Waals surface area contributed by atoms with Gasteiger partial charge in [-0.2, -0.15) is 0 Å². The van der Waals surface area contributed by atoms with E-state index in [0.29, 0.717) is 38.5 Å². The number of fused-ring (bicyclic) bond motifs is 3. The second-order valence-corrected chi connectivity index (χ2v) is 11.3. The SMILES string of the molecule is C=C[C@]12C3CC[C@@](O)(CCC(=O)[O-])[C@@]3(C)C[C@H]3OC31[C@@]1(C)CCC(=O)C=C1C[C@H]2C(=O)OC.[K+]. The Hall–Kier alpha value is -0.354. The molecule has 2 unspecified atom stereocenters. The summed E-state index contributed by atoms with van der Waals surface area (Å²) in [5.74, 6) is -2.21. The second kappa shape index (κ2) is 8.33. The van der Waals surface area contributed by atoms with Gasteiger partial charge in [0.15, 0.2) is 5.78 Å². The molecule has 8 heteroatoms. The molecule has 7 nitrogen and oxygen atoms in total. The number of rotatable bonds is 5. The Labute approximate surface area is 243 Å². The Morgan fingerprint density at radius 2 is 2.06 bits per heavy atom. The predicted molar refractivity (Wildman–Crippen MR) is 115 cm³/mol. The predicted octanol–water partition coefficient (Wildman–Crippen LogP) is -1.13. The monoisotopic (exact) mass is 496 g/mol. The molecule has 8 atom stereocenters. The molecule has 5 aliphatic rings. The van der Waals surface area contributed by atoms with Gasteiger partial charge in [0.2, 0.25) is 0 Å². The molecule has 0 bridgehead atoms. The Morgan fingerprint density at radius 3 is 2.68 bits per heavy atom. The van der Waals surface area contributed by atoms with Crippen molar-refractivity contribution in [2.75, 3.05) is 7.11 Å². The van der Waals surface area contributed by atoms with Crippen LogP contribution in [0.3, 0.4) is 0 Å². The van der Waals surface area contributed by atoms with Crippen LogP contribution in [0.4, 0.5) is 0 Å². The maximum absolute atomic E-state index is 13.3. The van der Waals surface area contributed by atoms with Crippen molar-refractivity contribution in [2.24, 2.45) is 28.1 Å². The average molecular weight is 497 g/mol. The van der Waals surface area contributed by atoms with Gasteiger partial charge in [-0.15, -0.1) is 6.58 Å². The number of carboxylic acids is 1. The molecule has 0 radical (unpaired) electrons. The molecule has 0 aromatic heterocycles. The van der Waals surface area contributed by atoms with Gasteiger partial charge in [0, 0.05) is 28.6 Å². The third-order valence-electron chi connectivity index (χ3n) is 10.5. The minimum Gasteiger partial charge on any atom is -0.550 e. The van der Waals surface area contributed by atoms with Gasteiger partial charge in [-0.3, -0.25) is 9.59 Å². The number of hydrogen-bond donors (Lipinski definition) is 1. The van der Waals surface area contributed by atoms with Gasteiger partial charge in [-0.25, -0.2) is 0 Å². The molecule has 3 saturated carbocycles. The fraction of sp³-hybridized carbons (Fsp3) is 0.731. The number of aliphatic carboxylic acids is 1. The molecule has 34 heavy (non-hydrogen) atoms. The molecule has 180 valence electrons. The van der Waals surface area contributed by atoms with Crippen LogP contribution in [0.25, 0.3) is 0 Å². The van der Waals surface area contributed by atoms with Crippen LogP contribution in [0.1, 0.15) is 65.2 Å². The van der Waals surface area contributed by atoms with E-state index in [1.807, 2.05) is 13.0 Å². The molecule has 1 spiro atoms. The van der Waals surface area contributed by atoms with Gasteiger partial charge in [-0.05, 0) is 56.9 Å². The van der Waals surface area contributed by atoms with Crippen molar-refractivity contribution in [3.63, 3.8) is 0 Å². The number of ether oxygens (including phenoxy) is 2. The number of epoxide rings is 1. The minimum atomic E-state index is -1.20. The van der Waals surface area contributed by atoms with Crippen molar-refractivity contribution in [3.05, 3.63) is 24.3 Å². The molecule has 1 heterocycles. The third-order valence-corrected chi connectivity index (χ3v) is 10.5. The first-order chi connectivity index (χ1) is 15.5. The van der Waals surface area contributed by atoms with Crippen LogP contribution in [-0.4, -0.2) is 47.2 Å². The summed E-state index contributed by atoms with van der Waals surface area (Å²) in [4.78, 5) is 36.9. The van der Waals surface area contributed by atoms with E-state index in [0.717, 1.165) is 5.57 Å². The fourth-order valence-electron chi connectivity index (χ4n) is 8.91. The molecule has 4 fully saturated rings. The Bertz CT molecular complexity index is 992. The first kappa shape index (κ1) is 26.7. The van der Waals surface area contributed by atoms with Crippen LogP contribution < -0.4 is 56.5 Å². The molecule has 0 amide bonds. The fourth-order valence-corrected chi connectivity index (χ4v) is 8.91. The molecular weight excluding hydrogens is 463 g/mol. The number of methoxy groups -OCH3 is 1. The summed E-state index contributed by atoms with van der Waals surface area (Å²) in [5.41, 5.74) is -2.83. The van der Waals surface area contributed by atoms with Crippen LogP contribution in [-0.2, 0) is 23.9 Å². The molecule has 0 aromatic carbocycles. The summed E-state index contributed by atoms with van der Waals surface area (Å²) in [6, 6.07) is 0. The second-order valence-electron chi connectivity index (χ2n) is 11.3. The molecule has 1 N–H and O–H groups in total. The number of aliphatic hydroxyl groups is 1. The van der Waals surface area contributed by atoms with Crippen molar-refractivity contribution >= 4 is 17.7 Å². The largest absolute Gasteiger partial charge is 1.00 e. The van der Waals surface area contributed by atoms with Gasteiger partial charge in [-0.1, -0.05) is 25.5 Å². The van der Waals surface area contributed by atoms with Crippen molar-refractivity contribution in [1.82, 2.24) is 0 Å². The van der Waals surface area contributed by atoms with Gasteiger partial charge in [0.1, 0.15) is 5.60 Å². The van der Waals surface area contributed by atoms with Crippen LogP contribution in [0.2, 0.25) is 0 Å². The van der Waals surface area contributed by atoms with E-state index in [2.05, 4.69) is 13.5 Å². The van der Waals surface area contributed by atoms with Crippen LogP contribution >= 0.6 is 0 Å². The summed E-state index contributed by atoms with van der Waals surface area (Å²) < 4.78 is 11.9. The minimum absolute atomic E-state index is 0. The third kappa shape index (κ3) is 2.99. The maximum atomic E-state index is 13.3. The number of carboxylic acid groups (broad SMARTS) is 1. The summed E-state index contributed by atoms with van der Waals surface area (Å²) >= 11 is 0. The number of ketones is 1. The standard InChI is InChI=1S/C26H34O7.K/c1-5-25-17(21(30)32-4)13-15-12-16(27)6-9-22(15,2)26(25)19(33-26)14-23(3)18(25)7-10-24(23,31)11-8-20(28)29;/h5,12,17-19,31H,1,6-11,13-14H2,2-4H3,(H,28,29);/q;+1/p-1/t17-,18?,19+,22-,23-,24+,25-,26?;/m0./s1. The number of hydrogen-bond acceptors (Lipinski definition) is 7. The average Bonchev–Trinajstić information content (AvgIpc) is 3.44. The van der Waals surface area contributed by atoms with E-state index in [1.54, 1.807) is 6.08 Å². The summed E-state index contributed by atoms with van der Waals surface area (Å²) in [5, 5.41) is 23.0. The molecular formula is C26H33KO7. The van der Waals surface area contributed by atoms with Crippen molar-refractivity contribution in [2.45, 2.75) is 82.5 Å². The molecule has 4 aliphatic carbocycles. The smallest absolute Gasteiger partial charge is 0.550 e. The Kier molecular flexibility index (Phi) is 6.54. The molecule has 1 saturated heterocycles. The van der Waals surface area contributed by atoms with Crippen molar-refractivity contribution < 1.29 is 85.5 Å². The summed E-state index contributed by atoms with van der Waals surface area (Å²) in [6.07, 6.45) is 6.37. The van der Waals surface area contributed by atoms with E-state index >= 15 is 0 Å². The van der Waals surface area contributed by atoms with Crippen LogP contribution in [0.15, 0.2) is 24.3 Å².